The molecule has 1 N–H and O–H groups in total. The van der Waals surface area contributed by atoms with E-state index < -0.39 is 0 Å². The van der Waals surface area contributed by atoms with E-state index in [1.807, 2.05) is 11.3 Å². The van der Waals surface area contributed by atoms with E-state index in [2.05, 4.69) is 49.8 Å². The van der Waals surface area contributed by atoms with E-state index in [9.17, 15) is 0 Å². The first kappa shape index (κ1) is 16.0. The molecule has 0 aromatic carbocycles. The highest BCUT2D eigenvalue weighted by Gasteiger charge is 2.31. The summed E-state index contributed by atoms with van der Waals surface area (Å²) in [7, 11) is 0. The summed E-state index contributed by atoms with van der Waals surface area (Å²) in [6, 6.07) is 2.35. The summed E-state index contributed by atoms with van der Waals surface area (Å²) in [5.74, 6) is 2.55. The monoisotopic (exact) mass is 293 g/mol. The Morgan fingerprint density at radius 2 is 2.10 bits per heavy atom. The third-order valence-corrected chi connectivity index (χ3v) is 5.37. The van der Waals surface area contributed by atoms with E-state index in [-0.39, 0.29) is 5.54 Å². The standard InChI is InChI=1S/C18H31NS/c1-5-6-14-7-8-15(12-19-18(2,3)4)17(11-14)16-9-10-20-13-16/h9-10,13-15,17,19H,5-8,11-12H2,1-4H3. The lowest BCUT2D eigenvalue weighted by atomic mass is 9.70. The third-order valence-electron chi connectivity index (χ3n) is 4.66. The maximum Gasteiger partial charge on any atom is 0.00966 e. The molecular formula is C18H31NS. The molecule has 1 aromatic rings. The van der Waals surface area contributed by atoms with Crippen LogP contribution in [0, 0.1) is 11.8 Å². The molecule has 0 amide bonds. The van der Waals surface area contributed by atoms with E-state index >= 15 is 0 Å². The van der Waals surface area contributed by atoms with Crippen molar-refractivity contribution in [2.45, 2.75) is 71.3 Å². The highest BCUT2D eigenvalue weighted by Crippen LogP contribution is 2.42. The number of hydrogen-bond donors (Lipinski definition) is 1. The van der Waals surface area contributed by atoms with Gasteiger partial charge in [-0.1, -0.05) is 26.2 Å². The van der Waals surface area contributed by atoms with E-state index in [0.29, 0.717) is 0 Å². The Labute approximate surface area is 129 Å². The Kier molecular flexibility index (Phi) is 5.68. The highest BCUT2D eigenvalue weighted by molar-refractivity contribution is 7.07. The summed E-state index contributed by atoms with van der Waals surface area (Å²) in [6.07, 6.45) is 6.99. The fourth-order valence-electron chi connectivity index (χ4n) is 3.57. The van der Waals surface area contributed by atoms with E-state index in [1.54, 1.807) is 5.56 Å². The van der Waals surface area contributed by atoms with Gasteiger partial charge in [0.1, 0.15) is 0 Å². The summed E-state index contributed by atoms with van der Waals surface area (Å²) in [5.41, 5.74) is 1.83. The average molecular weight is 294 g/mol. The molecule has 1 saturated carbocycles. The zero-order valence-corrected chi connectivity index (χ0v) is 14.4. The first-order valence-electron chi connectivity index (χ1n) is 8.26. The van der Waals surface area contributed by atoms with Gasteiger partial charge in [0, 0.05) is 5.54 Å². The largest absolute Gasteiger partial charge is 0.312 e. The van der Waals surface area contributed by atoms with Crippen LogP contribution in [0.5, 0.6) is 0 Å². The summed E-state index contributed by atoms with van der Waals surface area (Å²) in [5, 5.41) is 8.35. The van der Waals surface area contributed by atoms with Gasteiger partial charge in [0.25, 0.3) is 0 Å². The minimum absolute atomic E-state index is 0.236. The van der Waals surface area contributed by atoms with Crippen molar-refractivity contribution in [2.24, 2.45) is 11.8 Å². The summed E-state index contributed by atoms with van der Waals surface area (Å²) >= 11 is 1.85. The molecule has 0 bridgehead atoms. The van der Waals surface area contributed by atoms with Crippen LogP contribution in [0.15, 0.2) is 16.8 Å². The van der Waals surface area contributed by atoms with Gasteiger partial charge in [0.15, 0.2) is 0 Å². The molecule has 114 valence electrons. The molecule has 0 aliphatic heterocycles. The first-order chi connectivity index (χ1) is 9.49. The van der Waals surface area contributed by atoms with Crippen LogP contribution in [-0.4, -0.2) is 12.1 Å². The number of hydrogen-bond acceptors (Lipinski definition) is 2. The van der Waals surface area contributed by atoms with Gasteiger partial charge in [-0.3, -0.25) is 0 Å². The minimum atomic E-state index is 0.236. The highest BCUT2D eigenvalue weighted by atomic mass is 32.1. The molecule has 1 aromatic heterocycles. The second-order valence-electron chi connectivity index (χ2n) is 7.52. The molecule has 2 heteroatoms. The van der Waals surface area contributed by atoms with Crippen LogP contribution in [-0.2, 0) is 0 Å². The van der Waals surface area contributed by atoms with Crippen molar-refractivity contribution >= 4 is 11.3 Å². The van der Waals surface area contributed by atoms with Crippen molar-refractivity contribution in [3.05, 3.63) is 22.4 Å². The van der Waals surface area contributed by atoms with Crippen LogP contribution in [0.4, 0.5) is 0 Å². The normalized spacial score (nSPS) is 27.7. The number of rotatable bonds is 5. The van der Waals surface area contributed by atoms with Crippen molar-refractivity contribution in [1.82, 2.24) is 5.32 Å². The van der Waals surface area contributed by atoms with Crippen LogP contribution in [0.2, 0.25) is 0 Å². The Morgan fingerprint density at radius 1 is 1.30 bits per heavy atom. The zero-order valence-electron chi connectivity index (χ0n) is 13.6. The second-order valence-corrected chi connectivity index (χ2v) is 8.30. The fourth-order valence-corrected chi connectivity index (χ4v) is 4.29. The van der Waals surface area contributed by atoms with Crippen molar-refractivity contribution in [3.8, 4) is 0 Å². The first-order valence-corrected chi connectivity index (χ1v) is 9.21. The summed E-state index contributed by atoms with van der Waals surface area (Å²) < 4.78 is 0. The van der Waals surface area contributed by atoms with Crippen LogP contribution in [0.1, 0.15) is 71.3 Å². The molecule has 0 spiro atoms. The predicted molar refractivity (Wildman–Crippen MR) is 90.6 cm³/mol. The van der Waals surface area contributed by atoms with Gasteiger partial charge in [-0.25, -0.2) is 0 Å². The molecular weight excluding hydrogens is 262 g/mol. The third kappa shape index (κ3) is 4.60. The summed E-state index contributed by atoms with van der Waals surface area (Å²) in [4.78, 5) is 0. The SMILES string of the molecule is CCCC1CCC(CNC(C)(C)C)C(c2ccsc2)C1. The molecule has 2 rings (SSSR count). The molecule has 1 aliphatic carbocycles. The fraction of sp³-hybridized carbons (Fsp3) is 0.778. The quantitative estimate of drug-likeness (QED) is 0.762. The topological polar surface area (TPSA) is 12.0 Å². The van der Waals surface area contributed by atoms with Gasteiger partial charge in [-0.05, 0) is 80.3 Å². The number of thiophene rings is 1. The van der Waals surface area contributed by atoms with Crippen molar-refractivity contribution < 1.29 is 0 Å². The Hall–Kier alpha value is -0.340. The molecule has 20 heavy (non-hydrogen) atoms. The second kappa shape index (κ2) is 7.09. The molecule has 1 heterocycles. The van der Waals surface area contributed by atoms with Crippen molar-refractivity contribution in [2.75, 3.05) is 6.54 Å². The van der Waals surface area contributed by atoms with E-state index in [1.165, 1.54) is 38.6 Å². The average Bonchev–Trinajstić information content (AvgIpc) is 2.90. The van der Waals surface area contributed by atoms with E-state index in [0.717, 1.165) is 17.8 Å². The van der Waals surface area contributed by atoms with E-state index in [4.69, 9.17) is 0 Å². The molecule has 3 atom stereocenters. The van der Waals surface area contributed by atoms with Crippen LogP contribution in [0.3, 0.4) is 0 Å². The lowest BCUT2D eigenvalue weighted by molar-refractivity contribution is 0.209. The number of nitrogens with one attached hydrogen (secondary N) is 1. The molecule has 1 fully saturated rings. The van der Waals surface area contributed by atoms with Crippen molar-refractivity contribution in [3.63, 3.8) is 0 Å². The van der Waals surface area contributed by atoms with Gasteiger partial charge < -0.3 is 5.32 Å². The Morgan fingerprint density at radius 3 is 2.70 bits per heavy atom. The molecule has 0 saturated heterocycles. The summed E-state index contributed by atoms with van der Waals surface area (Å²) in [6.45, 7) is 10.3. The Bertz CT molecular complexity index is 377. The molecule has 3 unspecified atom stereocenters. The Balaban J connectivity index is 2.02. The van der Waals surface area contributed by atoms with Gasteiger partial charge in [0.05, 0.1) is 0 Å². The minimum Gasteiger partial charge on any atom is -0.312 e. The maximum absolute atomic E-state index is 3.73. The van der Waals surface area contributed by atoms with Crippen LogP contribution < -0.4 is 5.32 Å². The van der Waals surface area contributed by atoms with Crippen molar-refractivity contribution in [1.29, 1.82) is 0 Å². The van der Waals surface area contributed by atoms with Gasteiger partial charge in [0.2, 0.25) is 0 Å². The maximum atomic E-state index is 3.73. The lowest BCUT2D eigenvalue weighted by Crippen LogP contribution is -2.41. The molecule has 0 radical (unpaired) electrons. The van der Waals surface area contributed by atoms with Gasteiger partial charge in [-0.2, -0.15) is 11.3 Å². The zero-order chi connectivity index (χ0) is 14.6. The predicted octanol–water partition coefficient (Wildman–Crippen LogP) is 5.44. The van der Waals surface area contributed by atoms with Gasteiger partial charge >= 0.3 is 0 Å². The smallest absolute Gasteiger partial charge is 0.00966 e. The van der Waals surface area contributed by atoms with Crippen LogP contribution >= 0.6 is 11.3 Å². The van der Waals surface area contributed by atoms with Crippen LogP contribution in [0.25, 0.3) is 0 Å². The molecule has 1 nitrogen and oxygen atoms in total. The van der Waals surface area contributed by atoms with Gasteiger partial charge in [-0.15, -0.1) is 0 Å². The lowest BCUT2D eigenvalue weighted by Gasteiger charge is -2.38. The molecule has 1 aliphatic rings.